The lowest BCUT2D eigenvalue weighted by Crippen LogP contribution is -2.31. The van der Waals surface area contributed by atoms with Gasteiger partial charge in [0.05, 0.1) is 18.1 Å². The number of benzene rings is 1. The van der Waals surface area contributed by atoms with E-state index in [4.69, 9.17) is 5.26 Å². The Hall–Kier alpha value is -2.74. The molecule has 0 saturated heterocycles. The predicted molar refractivity (Wildman–Crippen MR) is 72.5 cm³/mol. The minimum absolute atomic E-state index is 0.218. The molecule has 0 aliphatic rings. The fourth-order valence-electron chi connectivity index (χ4n) is 1.78. The number of halogens is 1. The van der Waals surface area contributed by atoms with Gasteiger partial charge in [-0.2, -0.15) is 9.65 Å². The molecule has 1 amide bonds. The van der Waals surface area contributed by atoms with Gasteiger partial charge in [0.25, 0.3) is 5.91 Å². The Labute approximate surface area is 116 Å². The Morgan fingerprint density at radius 2 is 2.00 bits per heavy atom. The van der Waals surface area contributed by atoms with Crippen LogP contribution in [0.4, 0.5) is 10.1 Å². The summed E-state index contributed by atoms with van der Waals surface area (Å²) in [7, 11) is 0. The Bertz CT molecular complexity index is 620. The molecule has 100 valence electrons. The van der Waals surface area contributed by atoms with Gasteiger partial charge in [0.1, 0.15) is 0 Å². The largest absolute Gasteiger partial charge is 0.307 e. The van der Waals surface area contributed by atoms with E-state index in [1.165, 1.54) is 17.2 Å². The minimum atomic E-state index is -0.634. The summed E-state index contributed by atoms with van der Waals surface area (Å²) in [6.45, 7) is 0.275. The molecule has 0 spiro atoms. The van der Waals surface area contributed by atoms with Gasteiger partial charge >= 0.3 is 0 Å². The van der Waals surface area contributed by atoms with E-state index in [1.807, 2.05) is 24.3 Å². The van der Waals surface area contributed by atoms with Crippen molar-refractivity contribution in [1.29, 1.82) is 5.26 Å². The Balaban J connectivity index is 2.29. The summed E-state index contributed by atoms with van der Waals surface area (Å²) in [6.07, 6.45) is 1.41. The number of hydrogen-bond donors (Lipinski definition) is 0. The molecule has 0 unspecified atom stereocenters. The Morgan fingerprint density at radius 1 is 1.25 bits per heavy atom. The van der Waals surface area contributed by atoms with Gasteiger partial charge in [-0.1, -0.05) is 18.2 Å². The van der Waals surface area contributed by atoms with E-state index in [-0.39, 0.29) is 24.4 Å². The first kappa shape index (κ1) is 13.7. The first-order chi connectivity index (χ1) is 9.72. The zero-order valence-corrected chi connectivity index (χ0v) is 10.7. The fraction of sp³-hybridized carbons (Fsp3) is 0.133. The Kier molecular flexibility index (Phi) is 4.40. The number of aromatic nitrogens is 1. The average Bonchev–Trinajstić information content (AvgIpc) is 2.49. The highest BCUT2D eigenvalue weighted by molar-refractivity contribution is 6.05. The van der Waals surface area contributed by atoms with E-state index < -0.39 is 5.95 Å². The number of rotatable bonds is 4. The van der Waals surface area contributed by atoms with Crippen LogP contribution in [0.1, 0.15) is 16.8 Å². The van der Waals surface area contributed by atoms with Crippen molar-refractivity contribution >= 4 is 11.6 Å². The molecule has 0 radical (unpaired) electrons. The third-order valence-electron chi connectivity index (χ3n) is 2.73. The third-order valence-corrected chi connectivity index (χ3v) is 2.73. The van der Waals surface area contributed by atoms with E-state index in [2.05, 4.69) is 4.98 Å². The van der Waals surface area contributed by atoms with Crippen molar-refractivity contribution in [2.24, 2.45) is 0 Å². The van der Waals surface area contributed by atoms with Gasteiger partial charge in [-0.05, 0) is 24.3 Å². The maximum atomic E-state index is 12.8. The summed E-state index contributed by atoms with van der Waals surface area (Å²) in [5.74, 6) is -0.941. The molecule has 1 aromatic heterocycles. The van der Waals surface area contributed by atoms with Crippen molar-refractivity contribution in [3.8, 4) is 6.07 Å². The Morgan fingerprint density at radius 3 is 2.60 bits per heavy atom. The summed E-state index contributed by atoms with van der Waals surface area (Å²) in [6, 6.07) is 13.6. The fourth-order valence-corrected chi connectivity index (χ4v) is 1.78. The number of nitrogens with zero attached hydrogens (tertiary/aromatic N) is 3. The summed E-state index contributed by atoms with van der Waals surface area (Å²) in [4.78, 5) is 17.4. The highest BCUT2D eigenvalue weighted by Gasteiger charge is 2.17. The minimum Gasteiger partial charge on any atom is -0.307 e. The van der Waals surface area contributed by atoms with Crippen LogP contribution in [-0.2, 0) is 0 Å². The molecule has 0 fully saturated rings. The smallest absolute Gasteiger partial charge is 0.259 e. The number of anilines is 1. The zero-order valence-electron chi connectivity index (χ0n) is 10.7. The zero-order chi connectivity index (χ0) is 14.4. The number of amides is 1. The standard InChI is InChI=1S/C15H12FN3O/c16-14-8-7-12(11-18-14)15(20)19(10-4-9-17)13-5-2-1-3-6-13/h1-3,5-8,11H,4,10H2. The predicted octanol–water partition coefficient (Wildman–Crippen LogP) is 2.78. The van der Waals surface area contributed by atoms with Crippen molar-refractivity contribution in [3.05, 3.63) is 60.2 Å². The van der Waals surface area contributed by atoms with Crippen molar-refractivity contribution in [1.82, 2.24) is 4.98 Å². The molecule has 2 rings (SSSR count). The molecule has 2 aromatic rings. The van der Waals surface area contributed by atoms with Gasteiger partial charge in [0, 0.05) is 18.4 Å². The molecule has 0 aliphatic heterocycles. The monoisotopic (exact) mass is 269 g/mol. The number of hydrogen-bond acceptors (Lipinski definition) is 3. The summed E-state index contributed by atoms with van der Waals surface area (Å²) in [5.41, 5.74) is 0.977. The van der Waals surface area contributed by atoms with Gasteiger partial charge < -0.3 is 4.90 Å². The van der Waals surface area contributed by atoms with Crippen LogP contribution >= 0.6 is 0 Å². The molecule has 5 heteroatoms. The molecule has 1 aromatic carbocycles. The molecular weight excluding hydrogens is 257 g/mol. The molecule has 1 heterocycles. The maximum absolute atomic E-state index is 12.8. The summed E-state index contributed by atoms with van der Waals surface area (Å²) >= 11 is 0. The highest BCUT2D eigenvalue weighted by Crippen LogP contribution is 2.17. The van der Waals surface area contributed by atoms with Crippen molar-refractivity contribution < 1.29 is 9.18 Å². The number of carbonyl (C=O) groups is 1. The van der Waals surface area contributed by atoms with Crippen LogP contribution in [0.15, 0.2) is 48.7 Å². The number of nitriles is 1. The molecule has 0 bridgehead atoms. The third kappa shape index (κ3) is 3.18. The maximum Gasteiger partial charge on any atom is 0.259 e. The van der Waals surface area contributed by atoms with Gasteiger partial charge in [-0.15, -0.1) is 0 Å². The molecule has 0 aliphatic carbocycles. The summed E-state index contributed by atoms with van der Waals surface area (Å²) in [5, 5.41) is 8.70. The van der Waals surface area contributed by atoms with Crippen LogP contribution in [0.3, 0.4) is 0 Å². The average molecular weight is 269 g/mol. The second kappa shape index (κ2) is 6.43. The number of pyridine rings is 1. The highest BCUT2D eigenvalue weighted by atomic mass is 19.1. The first-order valence-electron chi connectivity index (χ1n) is 6.08. The lowest BCUT2D eigenvalue weighted by molar-refractivity contribution is 0.0987. The topological polar surface area (TPSA) is 57.0 Å². The van der Waals surface area contributed by atoms with Crippen molar-refractivity contribution in [3.63, 3.8) is 0 Å². The van der Waals surface area contributed by atoms with Crippen LogP contribution < -0.4 is 4.90 Å². The molecule has 0 N–H and O–H groups in total. The molecular formula is C15H12FN3O. The van der Waals surface area contributed by atoms with E-state index in [9.17, 15) is 9.18 Å². The van der Waals surface area contributed by atoms with Crippen LogP contribution in [0.5, 0.6) is 0 Å². The van der Waals surface area contributed by atoms with Crippen LogP contribution in [0, 0.1) is 17.3 Å². The van der Waals surface area contributed by atoms with E-state index in [0.717, 1.165) is 6.07 Å². The molecule has 4 nitrogen and oxygen atoms in total. The van der Waals surface area contributed by atoms with Crippen molar-refractivity contribution in [2.75, 3.05) is 11.4 Å². The molecule has 0 atom stereocenters. The van der Waals surface area contributed by atoms with Crippen molar-refractivity contribution in [2.45, 2.75) is 6.42 Å². The van der Waals surface area contributed by atoms with E-state index in [0.29, 0.717) is 5.69 Å². The lowest BCUT2D eigenvalue weighted by Gasteiger charge is -2.21. The lowest BCUT2D eigenvalue weighted by atomic mass is 10.2. The van der Waals surface area contributed by atoms with Gasteiger partial charge in [0.15, 0.2) is 0 Å². The molecule has 0 saturated carbocycles. The van der Waals surface area contributed by atoms with Crippen LogP contribution in [0.2, 0.25) is 0 Å². The van der Waals surface area contributed by atoms with Gasteiger partial charge in [-0.25, -0.2) is 4.98 Å². The number of carbonyl (C=O) groups excluding carboxylic acids is 1. The van der Waals surface area contributed by atoms with Crippen LogP contribution in [0.25, 0.3) is 0 Å². The SMILES string of the molecule is N#CCCN(C(=O)c1ccc(F)nc1)c1ccccc1. The molecule has 20 heavy (non-hydrogen) atoms. The summed E-state index contributed by atoms with van der Waals surface area (Å²) < 4.78 is 12.8. The van der Waals surface area contributed by atoms with E-state index in [1.54, 1.807) is 12.1 Å². The second-order valence-corrected chi connectivity index (χ2v) is 4.07. The van der Waals surface area contributed by atoms with E-state index >= 15 is 0 Å². The normalized spacial score (nSPS) is 9.80. The number of para-hydroxylation sites is 1. The quantitative estimate of drug-likeness (QED) is 0.802. The first-order valence-corrected chi connectivity index (χ1v) is 6.08. The van der Waals surface area contributed by atoms with Gasteiger partial charge in [-0.3, -0.25) is 4.79 Å². The van der Waals surface area contributed by atoms with Gasteiger partial charge in [0.2, 0.25) is 5.95 Å². The second-order valence-electron chi connectivity index (χ2n) is 4.07. The van der Waals surface area contributed by atoms with Crippen LogP contribution in [-0.4, -0.2) is 17.4 Å².